The monoisotopic (exact) mass is 433 g/mol. The van der Waals surface area contributed by atoms with Crippen LogP contribution in [0.5, 0.6) is 5.75 Å². The molecule has 0 saturated heterocycles. The summed E-state index contributed by atoms with van der Waals surface area (Å²) in [5.74, 6) is -0.122. The number of methoxy groups -OCH3 is 1. The molecule has 7 nitrogen and oxygen atoms in total. The van der Waals surface area contributed by atoms with E-state index in [1.165, 1.54) is 23.5 Å². The van der Waals surface area contributed by atoms with E-state index in [4.69, 9.17) is 4.74 Å². The number of nitrogens with zero attached hydrogens (tertiary/aromatic N) is 2. The van der Waals surface area contributed by atoms with E-state index in [0.29, 0.717) is 19.6 Å². The largest absolute Gasteiger partial charge is 0.495 e. The highest BCUT2D eigenvalue weighted by atomic mass is 32.2. The van der Waals surface area contributed by atoms with Gasteiger partial charge in [0.25, 0.3) is 5.91 Å². The molecule has 1 N–H and O–H groups in total. The van der Waals surface area contributed by atoms with Crippen LogP contribution in [-0.4, -0.2) is 57.8 Å². The number of nitrogens with one attached hydrogen (secondary N) is 1. The van der Waals surface area contributed by atoms with E-state index in [2.05, 4.69) is 10.2 Å². The number of benzene rings is 2. The van der Waals surface area contributed by atoms with Gasteiger partial charge in [-0.25, -0.2) is 8.42 Å². The highest BCUT2D eigenvalue weighted by Gasteiger charge is 2.26. The van der Waals surface area contributed by atoms with E-state index >= 15 is 0 Å². The summed E-state index contributed by atoms with van der Waals surface area (Å²) in [6, 6.07) is 12.4. The van der Waals surface area contributed by atoms with E-state index in [1.807, 2.05) is 38.4 Å². The zero-order valence-electron chi connectivity index (χ0n) is 18.3. The summed E-state index contributed by atoms with van der Waals surface area (Å²) < 4.78 is 32.6. The van der Waals surface area contributed by atoms with Gasteiger partial charge in [0.05, 0.1) is 7.11 Å². The van der Waals surface area contributed by atoms with Crippen molar-refractivity contribution in [3.63, 3.8) is 0 Å². The highest BCUT2D eigenvalue weighted by molar-refractivity contribution is 7.89. The molecule has 0 spiro atoms. The lowest BCUT2D eigenvalue weighted by Gasteiger charge is -2.20. The number of sulfonamides is 1. The number of amides is 1. The molecule has 0 fully saturated rings. The van der Waals surface area contributed by atoms with Crippen molar-refractivity contribution in [1.82, 2.24) is 14.5 Å². The molecule has 164 valence electrons. The maximum Gasteiger partial charge on any atom is 0.251 e. The normalized spacial score (nSPS) is 11.7. The van der Waals surface area contributed by atoms with Gasteiger partial charge < -0.3 is 15.0 Å². The molecule has 0 heterocycles. The fourth-order valence-electron chi connectivity index (χ4n) is 3.22. The van der Waals surface area contributed by atoms with Crippen LogP contribution in [-0.2, 0) is 23.1 Å². The van der Waals surface area contributed by atoms with Crippen LogP contribution in [0.2, 0.25) is 0 Å². The van der Waals surface area contributed by atoms with Crippen molar-refractivity contribution < 1.29 is 17.9 Å². The van der Waals surface area contributed by atoms with Crippen LogP contribution in [0.15, 0.2) is 47.4 Å². The molecule has 0 aromatic heterocycles. The third kappa shape index (κ3) is 5.59. The Balaban J connectivity index is 2.28. The summed E-state index contributed by atoms with van der Waals surface area (Å²) >= 11 is 0. The van der Waals surface area contributed by atoms with Gasteiger partial charge in [-0.3, -0.25) is 4.79 Å². The van der Waals surface area contributed by atoms with E-state index in [-0.39, 0.29) is 22.1 Å². The lowest BCUT2D eigenvalue weighted by Crippen LogP contribution is -2.31. The van der Waals surface area contributed by atoms with E-state index in [9.17, 15) is 13.2 Å². The van der Waals surface area contributed by atoms with Crippen LogP contribution >= 0.6 is 0 Å². The average molecular weight is 434 g/mol. The smallest absolute Gasteiger partial charge is 0.251 e. The van der Waals surface area contributed by atoms with E-state index in [1.54, 1.807) is 19.9 Å². The minimum absolute atomic E-state index is 0.00522. The van der Waals surface area contributed by atoms with Crippen molar-refractivity contribution in [3.8, 4) is 5.75 Å². The molecule has 0 aliphatic rings. The first-order valence-corrected chi connectivity index (χ1v) is 11.4. The van der Waals surface area contributed by atoms with Crippen molar-refractivity contribution in [2.24, 2.45) is 0 Å². The lowest BCUT2D eigenvalue weighted by molar-refractivity contribution is 0.0950. The highest BCUT2D eigenvalue weighted by Crippen LogP contribution is 2.28. The molecule has 30 heavy (non-hydrogen) atoms. The maximum absolute atomic E-state index is 13.0. The Morgan fingerprint density at radius 2 is 1.67 bits per heavy atom. The van der Waals surface area contributed by atoms with Crippen molar-refractivity contribution >= 4 is 15.9 Å². The van der Waals surface area contributed by atoms with Gasteiger partial charge in [-0.05, 0) is 43.4 Å². The molecule has 2 aromatic rings. The molecule has 2 rings (SSSR count). The van der Waals surface area contributed by atoms with Gasteiger partial charge >= 0.3 is 0 Å². The first-order chi connectivity index (χ1) is 14.2. The van der Waals surface area contributed by atoms with Gasteiger partial charge in [0.2, 0.25) is 10.0 Å². The van der Waals surface area contributed by atoms with Crippen LogP contribution in [0.3, 0.4) is 0 Å². The summed E-state index contributed by atoms with van der Waals surface area (Å²) in [7, 11) is 1.63. The molecule has 0 aliphatic carbocycles. The van der Waals surface area contributed by atoms with Crippen LogP contribution in [0.25, 0.3) is 0 Å². The Morgan fingerprint density at radius 3 is 2.23 bits per heavy atom. The van der Waals surface area contributed by atoms with Crippen LogP contribution < -0.4 is 10.1 Å². The summed E-state index contributed by atoms with van der Waals surface area (Å²) in [5, 5.41) is 2.90. The number of carbonyl (C=O) groups excluding carboxylic acids is 1. The Kier molecular flexibility index (Phi) is 8.40. The molecule has 0 saturated carbocycles. The summed E-state index contributed by atoms with van der Waals surface area (Å²) in [4.78, 5) is 14.8. The van der Waals surface area contributed by atoms with Crippen LogP contribution in [0.4, 0.5) is 0 Å². The molecule has 1 amide bonds. The molecule has 0 bridgehead atoms. The van der Waals surface area contributed by atoms with Gasteiger partial charge in [0.15, 0.2) is 0 Å². The Bertz CT molecular complexity index is 970. The molecular formula is C22H31N3O4S. The Hall–Kier alpha value is -2.42. The molecule has 0 aliphatic heterocycles. The molecule has 0 atom stereocenters. The lowest BCUT2D eigenvalue weighted by atomic mass is 10.1. The summed E-state index contributed by atoms with van der Waals surface area (Å²) in [6.07, 6.45) is 0. The molecule has 2 aromatic carbocycles. The standard InChI is InChI=1S/C22H31N3O4S/c1-6-25(7-2)30(27,28)21-14-17(12-13-20(21)29-5)22(26)23-15-18-10-8-9-11-19(18)16-24(3)4/h8-14H,6-7,15-16H2,1-5H3,(H,23,26). The first-order valence-electron chi connectivity index (χ1n) is 9.92. The minimum atomic E-state index is -3.76. The third-order valence-corrected chi connectivity index (χ3v) is 6.86. The van der Waals surface area contributed by atoms with Gasteiger partial charge in [-0.15, -0.1) is 0 Å². The van der Waals surface area contributed by atoms with Crippen molar-refractivity contribution in [2.75, 3.05) is 34.3 Å². The van der Waals surface area contributed by atoms with Gasteiger partial charge in [0.1, 0.15) is 10.6 Å². The number of hydrogen-bond donors (Lipinski definition) is 1. The third-order valence-electron chi connectivity index (χ3n) is 4.79. The zero-order chi connectivity index (χ0) is 22.3. The minimum Gasteiger partial charge on any atom is -0.495 e. The number of rotatable bonds is 10. The fourth-order valence-corrected chi connectivity index (χ4v) is 4.86. The second-order valence-corrected chi connectivity index (χ2v) is 9.05. The first kappa shape index (κ1) is 23.9. The zero-order valence-corrected chi connectivity index (χ0v) is 19.1. The van der Waals surface area contributed by atoms with Gasteiger partial charge in [-0.1, -0.05) is 38.1 Å². The average Bonchev–Trinajstić information content (AvgIpc) is 2.72. The van der Waals surface area contributed by atoms with Crippen LogP contribution in [0, 0.1) is 0 Å². The fraction of sp³-hybridized carbons (Fsp3) is 0.409. The second-order valence-electron chi connectivity index (χ2n) is 7.14. The van der Waals surface area contributed by atoms with Crippen molar-refractivity contribution in [2.45, 2.75) is 31.8 Å². The quantitative estimate of drug-likeness (QED) is 0.623. The predicted octanol–water partition coefficient (Wildman–Crippen LogP) is 2.72. The summed E-state index contributed by atoms with van der Waals surface area (Å²) in [6.45, 7) is 5.33. The number of carbonyl (C=O) groups is 1. The Morgan fingerprint density at radius 1 is 1.03 bits per heavy atom. The number of ether oxygens (including phenoxy) is 1. The topological polar surface area (TPSA) is 79.0 Å². The predicted molar refractivity (Wildman–Crippen MR) is 118 cm³/mol. The second kappa shape index (κ2) is 10.6. The Labute approximate surface area is 179 Å². The maximum atomic E-state index is 13.0. The summed E-state index contributed by atoms with van der Waals surface area (Å²) in [5.41, 5.74) is 2.41. The van der Waals surface area contributed by atoms with E-state index < -0.39 is 10.0 Å². The van der Waals surface area contributed by atoms with Crippen molar-refractivity contribution in [3.05, 3.63) is 59.2 Å². The molecule has 8 heteroatoms. The SMILES string of the molecule is CCN(CC)S(=O)(=O)c1cc(C(=O)NCc2ccccc2CN(C)C)ccc1OC. The molecule has 0 radical (unpaired) electrons. The molecule has 0 unspecified atom stereocenters. The van der Waals surface area contributed by atoms with Crippen LogP contribution in [0.1, 0.15) is 35.3 Å². The number of hydrogen-bond acceptors (Lipinski definition) is 5. The molecular weight excluding hydrogens is 402 g/mol. The van der Waals surface area contributed by atoms with Gasteiger partial charge in [-0.2, -0.15) is 4.31 Å². The van der Waals surface area contributed by atoms with Gasteiger partial charge in [0, 0.05) is 31.7 Å². The van der Waals surface area contributed by atoms with Crippen molar-refractivity contribution in [1.29, 1.82) is 0 Å². The van der Waals surface area contributed by atoms with E-state index in [0.717, 1.165) is 17.7 Å².